The summed E-state index contributed by atoms with van der Waals surface area (Å²) >= 11 is 0. The maximum Gasteiger partial charge on any atom is 0.177 e. The molecule has 0 spiro atoms. The average Bonchev–Trinajstić information content (AvgIpc) is 2.73. The maximum atomic E-state index is 9.01. The summed E-state index contributed by atoms with van der Waals surface area (Å²) in [6, 6.07) is 1.88. The van der Waals surface area contributed by atoms with Crippen LogP contribution in [0.15, 0.2) is 12.3 Å². The minimum Gasteiger partial charge on any atom is -0.390 e. The van der Waals surface area contributed by atoms with Crippen molar-refractivity contribution in [2.45, 2.75) is 13.5 Å². The molecular formula is C8H11N5O. The highest BCUT2D eigenvalue weighted by Gasteiger charge is 2.08. The minimum atomic E-state index is -0.0946. The van der Waals surface area contributed by atoms with Gasteiger partial charge >= 0.3 is 0 Å². The molecule has 0 aliphatic heterocycles. The third-order valence-electron chi connectivity index (χ3n) is 2.10. The van der Waals surface area contributed by atoms with Crippen LogP contribution in [0.1, 0.15) is 11.4 Å². The van der Waals surface area contributed by atoms with Crippen molar-refractivity contribution in [1.29, 1.82) is 0 Å². The van der Waals surface area contributed by atoms with E-state index in [0.717, 1.165) is 5.69 Å². The van der Waals surface area contributed by atoms with Gasteiger partial charge in [0, 0.05) is 18.8 Å². The first kappa shape index (κ1) is 8.89. The second-order valence-corrected chi connectivity index (χ2v) is 3.06. The Bertz CT molecular complexity index is 425. The van der Waals surface area contributed by atoms with E-state index in [1.165, 1.54) is 10.9 Å². The van der Waals surface area contributed by atoms with Crippen molar-refractivity contribution in [3.05, 3.63) is 23.7 Å². The van der Waals surface area contributed by atoms with Crippen molar-refractivity contribution in [3.63, 3.8) is 0 Å². The van der Waals surface area contributed by atoms with Gasteiger partial charge in [0.15, 0.2) is 5.82 Å². The molecule has 0 bridgehead atoms. The first-order valence-corrected chi connectivity index (χ1v) is 4.24. The number of hydrogen-bond donors (Lipinski definition) is 1. The number of aliphatic hydroxyl groups is 1. The molecule has 0 aliphatic carbocycles. The van der Waals surface area contributed by atoms with Crippen LogP contribution in [-0.4, -0.2) is 29.9 Å². The van der Waals surface area contributed by atoms with Crippen LogP contribution in [-0.2, 0) is 13.7 Å². The zero-order valence-corrected chi connectivity index (χ0v) is 8.05. The van der Waals surface area contributed by atoms with E-state index >= 15 is 0 Å². The molecule has 2 rings (SSSR count). The van der Waals surface area contributed by atoms with Gasteiger partial charge in [-0.1, -0.05) is 5.21 Å². The smallest absolute Gasteiger partial charge is 0.177 e. The topological polar surface area (TPSA) is 68.8 Å². The van der Waals surface area contributed by atoms with E-state index in [4.69, 9.17) is 5.11 Å². The Hall–Kier alpha value is -1.69. The quantitative estimate of drug-likeness (QED) is 0.717. The molecule has 0 saturated heterocycles. The van der Waals surface area contributed by atoms with Crippen LogP contribution in [0.2, 0.25) is 0 Å². The lowest BCUT2D eigenvalue weighted by molar-refractivity contribution is 0.273. The summed E-state index contributed by atoms with van der Waals surface area (Å²) in [7, 11) is 1.86. The summed E-state index contributed by atoms with van der Waals surface area (Å²) in [6.07, 6.45) is 1.52. The molecule has 0 unspecified atom stereocenters. The van der Waals surface area contributed by atoms with Gasteiger partial charge in [0.2, 0.25) is 0 Å². The number of aliphatic hydroxyl groups excluding tert-OH is 1. The van der Waals surface area contributed by atoms with E-state index in [1.807, 2.05) is 20.0 Å². The van der Waals surface area contributed by atoms with Crippen molar-refractivity contribution in [1.82, 2.24) is 24.8 Å². The molecule has 0 atom stereocenters. The summed E-state index contributed by atoms with van der Waals surface area (Å²) in [5.41, 5.74) is 1.66. The van der Waals surface area contributed by atoms with Crippen molar-refractivity contribution in [2.75, 3.05) is 0 Å². The summed E-state index contributed by atoms with van der Waals surface area (Å²) in [4.78, 5) is 0. The summed E-state index contributed by atoms with van der Waals surface area (Å²) in [6.45, 7) is 1.86. The SMILES string of the molecule is Cc1cc(-n2nncc2CO)nn1C. The van der Waals surface area contributed by atoms with Gasteiger partial charge in [-0.25, -0.2) is 0 Å². The Labute approximate surface area is 80.8 Å². The Morgan fingerprint density at radius 1 is 1.50 bits per heavy atom. The Morgan fingerprint density at radius 2 is 2.29 bits per heavy atom. The molecule has 1 N–H and O–H groups in total. The van der Waals surface area contributed by atoms with E-state index < -0.39 is 0 Å². The lowest BCUT2D eigenvalue weighted by atomic mass is 10.4. The zero-order chi connectivity index (χ0) is 10.1. The van der Waals surface area contributed by atoms with Crippen LogP contribution in [0.4, 0.5) is 0 Å². The molecular weight excluding hydrogens is 182 g/mol. The lowest BCUT2D eigenvalue weighted by Gasteiger charge is -1.97. The first-order valence-electron chi connectivity index (χ1n) is 4.24. The molecule has 74 valence electrons. The van der Waals surface area contributed by atoms with Gasteiger partial charge in [0.1, 0.15) is 0 Å². The van der Waals surface area contributed by atoms with Crippen LogP contribution in [0.3, 0.4) is 0 Å². The number of aryl methyl sites for hydroxylation is 2. The molecule has 0 fully saturated rings. The molecule has 0 saturated carbocycles. The zero-order valence-electron chi connectivity index (χ0n) is 8.05. The Kier molecular flexibility index (Phi) is 2.05. The standard InChI is InChI=1S/C8H11N5O/c1-6-3-8(10-12(6)2)13-7(5-14)4-9-11-13/h3-4,14H,5H2,1-2H3. The highest BCUT2D eigenvalue weighted by molar-refractivity contribution is 5.24. The average molecular weight is 193 g/mol. The first-order chi connectivity index (χ1) is 6.72. The summed E-state index contributed by atoms with van der Waals surface area (Å²) in [5.74, 6) is 0.673. The maximum absolute atomic E-state index is 9.01. The monoisotopic (exact) mass is 193 g/mol. The van der Waals surface area contributed by atoms with Crippen molar-refractivity contribution < 1.29 is 5.11 Å². The van der Waals surface area contributed by atoms with Gasteiger partial charge in [0.25, 0.3) is 0 Å². The van der Waals surface area contributed by atoms with Gasteiger partial charge < -0.3 is 5.11 Å². The lowest BCUT2D eigenvalue weighted by Crippen LogP contribution is -2.03. The highest BCUT2D eigenvalue weighted by atomic mass is 16.3. The van der Waals surface area contributed by atoms with Gasteiger partial charge in [-0.15, -0.1) is 5.10 Å². The molecule has 0 aliphatic rings. The fourth-order valence-corrected chi connectivity index (χ4v) is 1.20. The predicted molar refractivity (Wildman–Crippen MR) is 48.8 cm³/mol. The molecule has 2 heterocycles. The third-order valence-corrected chi connectivity index (χ3v) is 2.10. The van der Waals surface area contributed by atoms with Crippen molar-refractivity contribution in [2.24, 2.45) is 7.05 Å². The number of rotatable bonds is 2. The largest absolute Gasteiger partial charge is 0.390 e. The number of nitrogens with zero attached hydrogens (tertiary/aromatic N) is 5. The van der Waals surface area contributed by atoms with Crippen LogP contribution in [0.25, 0.3) is 5.82 Å². The van der Waals surface area contributed by atoms with E-state index in [-0.39, 0.29) is 6.61 Å². The molecule has 0 radical (unpaired) electrons. The molecule has 6 nitrogen and oxygen atoms in total. The summed E-state index contributed by atoms with van der Waals surface area (Å²) < 4.78 is 3.27. The van der Waals surface area contributed by atoms with Crippen LogP contribution in [0.5, 0.6) is 0 Å². The van der Waals surface area contributed by atoms with E-state index in [0.29, 0.717) is 11.5 Å². The van der Waals surface area contributed by atoms with Crippen molar-refractivity contribution >= 4 is 0 Å². The minimum absolute atomic E-state index is 0.0946. The molecule has 2 aromatic rings. The van der Waals surface area contributed by atoms with Crippen LogP contribution in [0, 0.1) is 6.92 Å². The van der Waals surface area contributed by atoms with Crippen LogP contribution < -0.4 is 0 Å². The fourth-order valence-electron chi connectivity index (χ4n) is 1.20. The predicted octanol–water partition coefficient (Wildman–Crippen LogP) is -0.198. The molecule has 0 amide bonds. The number of hydrogen-bond acceptors (Lipinski definition) is 4. The molecule has 6 heteroatoms. The fraction of sp³-hybridized carbons (Fsp3) is 0.375. The second-order valence-electron chi connectivity index (χ2n) is 3.06. The summed E-state index contributed by atoms with van der Waals surface area (Å²) in [5, 5.41) is 20.8. The van der Waals surface area contributed by atoms with Gasteiger partial charge in [0.05, 0.1) is 18.5 Å². The normalized spacial score (nSPS) is 10.8. The molecule has 0 aromatic carbocycles. The second kappa shape index (κ2) is 3.22. The van der Waals surface area contributed by atoms with Crippen LogP contribution >= 0.6 is 0 Å². The van der Waals surface area contributed by atoms with Gasteiger partial charge in [-0.05, 0) is 6.92 Å². The molecule has 14 heavy (non-hydrogen) atoms. The van der Waals surface area contributed by atoms with Gasteiger partial charge in [-0.3, -0.25) is 4.68 Å². The van der Waals surface area contributed by atoms with Gasteiger partial charge in [-0.2, -0.15) is 9.78 Å². The van der Waals surface area contributed by atoms with E-state index in [1.54, 1.807) is 4.68 Å². The third kappa shape index (κ3) is 1.29. The highest BCUT2D eigenvalue weighted by Crippen LogP contribution is 2.08. The van der Waals surface area contributed by atoms with E-state index in [9.17, 15) is 0 Å². The number of aromatic nitrogens is 5. The van der Waals surface area contributed by atoms with Crippen molar-refractivity contribution in [3.8, 4) is 5.82 Å². The van der Waals surface area contributed by atoms with E-state index in [2.05, 4.69) is 15.4 Å². The Balaban J connectivity index is 2.49. The molecule has 2 aromatic heterocycles. The Morgan fingerprint density at radius 3 is 2.86 bits per heavy atom.